The Labute approximate surface area is 113 Å². The zero-order valence-corrected chi connectivity index (χ0v) is 11.2. The fourth-order valence-corrected chi connectivity index (χ4v) is 1.70. The maximum atomic E-state index is 5.78. The number of aromatic nitrogens is 1. The van der Waals surface area contributed by atoms with Crippen molar-refractivity contribution < 1.29 is 9.47 Å². The lowest BCUT2D eigenvalue weighted by Gasteiger charge is -2.08. The number of nitrogens with one attached hydrogen (secondary N) is 1. The van der Waals surface area contributed by atoms with E-state index >= 15 is 0 Å². The van der Waals surface area contributed by atoms with E-state index in [0.717, 1.165) is 29.5 Å². The van der Waals surface area contributed by atoms with Gasteiger partial charge < -0.3 is 14.8 Å². The first-order chi connectivity index (χ1) is 9.31. The average Bonchev–Trinajstić information content (AvgIpc) is 2.42. The number of pyridine rings is 1. The number of hydrogen-bond acceptors (Lipinski definition) is 4. The molecule has 0 amide bonds. The van der Waals surface area contributed by atoms with Crippen molar-refractivity contribution >= 4 is 0 Å². The molecular formula is C15H18N2O2. The summed E-state index contributed by atoms with van der Waals surface area (Å²) < 4.78 is 11.2. The summed E-state index contributed by atoms with van der Waals surface area (Å²) in [6.45, 7) is 3.35. The third-order valence-electron chi connectivity index (χ3n) is 2.52. The number of ether oxygens (including phenoxy) is 2. The molecule has 2 aromatic rings. The quantitative estimate of drug-likeness (QED) is 0.865. The normalized spacial score (nSPS) is 10.2. The van der Waals surface area contributed by atoms with Crippen molar-refractivity contribution in [2.24, 2.45) is 0 Å². The van der Waals surface area contributed by atoms with Gasteiger partial charge in [-0.2, -0.15) is 0 Å². The lowest BCUT2D eigenvalue weighted by Crippen LogP contribution is -2.06. The Kier molecular flexibility index (Phi) is 4.75. The van der Waals surface area contributed by atoms with Gasteiger partial charge in [-0.1, -0.05) is 0 Å². The van der Waals surface area contributed by atoms with Gasteiger partial charge >= 0.3 is 0 Å². The van der Waals surface area contributed by atoms with Gasteiger partial charge in [0.1, 0.15) is 17.2 Å². The van der Waals surface area contributed by atoms with E-state index in [1.165, 1.54) is 0 Å². The van der Waals surface area contributed by atoms with E-state index < -0.39 is 0 Å². The Bertz CT molecular complexity index is 512. The van der Waals surface area contributed by atoms with Crippen LogP contribution in [0.4, 0.5) is 0 Å². The van der Waals surface area contributed by atoms with Crippen LogP contribution in [-0.4, -0.2) is 18.6 Å². The van der Waals surface area contributed by atoms with Crippen LogP contribution in [0.3, 0.4) is 0 Å². The largest absolute Gasteiger partial charge is 0.494 e. The second-order valence-corrected chi connectivity index (χ2v) is 4.02. The van der Waals surface area contributed by atoms with Gasteiger partial charge in [-0.3, -0.25) is 4.98 Å². The first-order valence-electron chi connectivity index (χ1n) is 6.32. The minimum atomic E-state index is 0.665. The number of nitrogens with zero attached hydrogens (tertiary/aromatic N) is 1. The molecule has 2 rings (SSSR count). The minimum absolute atomic E-state index is 0.665. The van der Waals surface area contributed by atoms with Gasteiger partial charge in [-0.05, 0) is 44.3 Å². The molecule has 0 saturated carbocycles. The zero-order valence-electron chi connectivity index (χ0n) is 11.2. The highest BCUT2D eigenvalue weighted by atomic mass is 16.5. The number of rotatable bonds is 6. The first-order valence-corrected chi connectivity index (χ1v) is 6.32. The highest BCUT2D eigenvalue weighted by Gasteiger charge is 2.00. The van der Waals surface area contributed by atoms with Crippen molar-refractivity contribution in [1.82, 2.24) is 10.3 Å². The van der Waals surface area contributed by atoms with Crippen LogP contribution in [0, 0.1) is 0 Å². The van der Waals surface area contributed by atoms with E-state index in [1.807, 2.05) is 50.4 Å². The van der Waals surface area contributed by atoms with Gasteiger partial charge in [0.05, 0.1) is 12.3 Å². The van der Waals surface area contributed by atoms with Crippen molar-refractivity contribution in [2.75, 3.05) is 13.7 Å². The van der Waals surface area contributed by atoms with E-state index in [-0.39, 0.29) is 0 Å². The van der Waals surface area contributed by atoms with E-state index in [1.54, 1.807) is 6.20 Å². The second kappa shape index (κ2) is 6.75. The van der Waals surface area contributed by atoms with Gasteiger partial charge in [0.15, 0.2) is 0 Å². The lowest BCUT2D eigenvalue weighted by atomic mass is 10.3. The molecule has 19 heavy (non-hydrogen) atoms. The molecule has 1 N–H and O–H groups in total. The molecular weight excluding hydrogens is 240 g/mol. The Morgan fingerprint density at radius 3 is 2.47 bits per heavy atom. The summed E-state index contributed by atoms with van der Waals surface area (Å²) in [5, 5.41) is 3.06. The summed E-state index contributed by atoms with van der Waals surface area (Å²) in [7, 11) is 1.89. The molecule has 4 nitrogen and oxygen atoms in total. The monoisotopic (exact) mass is 258 g/mol. The molecule has 0 bridgehead atoms. The smallest absolute Gasteiger partial charge is 0.130 e. The van der Waals surface area contributed by atoms with Crippen LogP contribution in [0.5, 0.6) is 17.2 Å². The van der Waals surface area contributed by atoms with Crippen molar-refractivity contribution in [1.29, 1.82) is 0 Å². The van der Waals surface area contributed by atoms with Gasteiger partial charge in [0.25, 0.3) is 0 Å². The van der Waals surface area contributed by atoms with Gasteiger partial charge in [0, 0.05) is 18.8 Å². The highest BCUT2D eigenvalue weighted by molar-refractivity contribution is 5.35. The van der Waals surface area contributed by atoms with E-state index in [0.29, 0.717) is 6.61 Å². The molecule has 0 radical (unpaired) electrons. The maximum Gasteiger partial charge on any atom is 0.130 e. The molecule has 0 spiro atoms. The molecule has 0 atom stereocenters. The fraction of sp³-hybridized carbons (Fsp3) is 0.267. The SMILES string of the molecule is CCOc1ccc(Oc2ccnc(CNC)c2)cc1. The molecule has 1 heterocycles. The van der Waals surface area contributed by atoms with Crippen molar-refractivity contribution in [3.63, 3.8) is 0 Å². The van der Waals surface area contributed by atoms with Crippen molar-refractivity contribution in [3.05, 3.63) is 48.3 Å². The Hall–Kier alpha value is -2.07. The summed E-state index contributed by atoms with van der Waals surface area (Å²) in [4.78, 5) is 4.25. The standard InChI is InChI=1S/C15H18N2O2/c1-3-18-13-4-6-14(7-5-13)19-15-8-9-17-12(10-15)11-16-2/h4-10,16H,3,11H2,1-2H3. The van der Waals surface area contributed by atoms with Crippen LogP contribution in [0.15, 0.2) is 42.6 Å². The third-order valence-corrected chi connectivity index (χ3v) is 2.52. The Balaban J connectivity index is 2.05. The summed E-state index contributed by atoms with van der Waals surface area (Å²) >= 11 is 0. The van der Waals surface area contributed by atoms with E-state index in [4.69, 9.17) is 9.47 Å². The minimum Gasteiger partial charge on any atom is -0.494 e. The van der Waals surface area contributed by atoms with Gasteiger partial charge in [-0.15, -0.1) is 0 Å². The second-order valence-electron chi connectivity index (χ2n) is 4.02. The van der Waals surface area contributed by atoms with E-state index in [9.17, 15) is 0 Å². The lowest BCUT2D eigenvalue weighted by molar-refractivity contribution is 0.339. The van der Waals surface area contributed by atoms with Crippen molar-refractivity contribution in [3.8, 4) is 17.2 Å². The van der Waals surface area contributed by atoms with Gasteiger partial charge in [0.2, 0.25) is 0 Å². The van der Waals surface area contributed by atoms with Gasteiger partial charge in [-0.25, -0.2) is 0 Å². The molecule has 100 valence electrons. The molecule has 1 aromatic heterocycles. The molecule has 4 heteroatoms. The summed E-state index contributed by atoms with van der Waals surface area (Å²) in [5.74, 6) is 2.41. The van der Waals surface area contributed by atoms with Crippen LogP contribution >= 0.6 is 0 Å². The topological polar surface area (TPSA) is 43.4 Å². The maximum absolute atomic E-state index is 5.78. The predicted octanol–water partition coefficient (Wildman–Crippen LogP) is 2.99. The zero-order chi connectivity index (χ0) is 13.5. The highest BCUT2D eigenvalue weighted by Crippen LogP contribution is 2.23. The number of benzene rings is 1. The Morgan fingerprint density at radius 1 is 1.05 bits per heavy atom. The first kappa shape index (κ1) is 13.4. The Morgan fingerprint density at radius 2 is 1.79 bits per heavy atom. The third kappa shape index (κ3) is 3.96. The van der Waals surface area contributed by atoms with Crippen LogP contribution in [0.25, 0.3) is 0 Å². The molecule has 0 aliphatic carbocycles. The predicted molar refractivity (Wildman–Crippen MR) is 74.7 cm³/mol. The summed E-state index contributed by atoms with van der Waals surface area (Å²) in [6, 6.07) is 11.3. The summed E-state index contributed by atoms with van der Waals surface area (Å²) in [6.07, 6.45) is 1.75. The molecule has 0 saturated heterocycles. The van der Waals surface area contributed by atoms with Crippen LogP contribution in [-0.2, 0) is 6.54 Å². The molecule has 0 aliphatic rings. The van der Waals surface area contributed by atoms with E-state index in [2.05, 4.69) is 10.3 Å². The molecule has 0 fully saturated rings. The average molecular weight is 258 g/mol. The summed E-state index contributed by atoms with van der Waals surface area (Å²) in [5.41, 5.74) is 0.950. The number of hydrogen-bond donors (Lipinski definition) is 1. The van der Waals surface area contributed by atoms with Crippen LogP contribution in [0.2, 0.25) is 0 Å². The van der Waals surface area contributed by atoms with Crippen molar-refractivity contribution in [2.45, 2.75) is 13.5 Å². The molecule has 0 unspecified atom stereocenters. The van der Waals surface area contributed by atoms with Crippen LogP contribution < -0.4 is 14.8 Å². The van der Waals surface area contributed by atoms with Crippen LogP contribution in [0.1, 0.15) is 12.6 Å². The fourth-order valence-electron chi connectivity index (χ4n) is 1.70. The molecule has 0 aliphatic heterocycles. The molecule has 1 aromatic carbocycles.